The lowest BCUT2D eigenvalue weighted by molar-refractivity contribution is -0.147. The van der Waals surface area contributed by atoms with E-state index in [0.29, 0.717) is 13.1 Å². The van der Waals surface area contributed by atoms with E-state index in [9.17, 15) is 4.79 Å². The van der Waals surface area contributed by atoms with Gasteiger partial charge in [0.05, 0.1) is 26.2 Å². The van der Waals surface area contributed by atoms with Crippen molar-refractivity contribution in [2.75, 3.05) is 20.8 Å². The molecule has 2 fully saturated rings. The summed E-state index contributed by atoms with van der Waals surface area (Å²) >= 11 is 0. The molecule has 0 unspecified atom stereocenters. The lowest BCUT2D eigenvalue weighted by Gasteiger charge is -2.42. The molecule has 2 aromatic rings. The molecule has 1 amide bonds. The van der Waals surface area contributed by atoms with Crippen molar-refractivity contribution in [2.24, 2.45) is 5.92 Å². The molecular formula is C24H25NO4. The zero-order chi connectivity index (χ0) is 20.0. The number of rotatable bonds is 5. The first-order chi connectivity index (χ1) is 14.1. The van der Waals surface area contributed by atoms with Gasteiger partial charge in [-0.25, -0.2) is 0 Å². The number of carbonyl (C=O) groups excluding carboxylic acids is 1. The van der Waals surface area contributed by atoms with Crippen LogP contribution in [0, 0.1) is 5.92 Å². The number of amides is 1. The summed E-state index contributed by atoms with van der Waals surface area (Å²) in [6.07, 6.45) is 4.96. The zero-order valence-electron chi connectivity index (χ0n) is 16.7. The first kappa shape index (κ1) is 18.3. The Morgan fingerprint density at radius 1 is 1.10 bits per heavy atom. The number of piperidine rings is 1. The van der Waals surface area contributed by atoms with Crippen LogP contribution in [0.5, 0.6) is 11.5 Å². The molecule has 2 saturated heterocycles. The van der Waals surface area contributed by atoms with Gasteiger partial charge < -0.3 is 19.1 Å². The van der Waals surface area contributed by atoms with Gasteiger partial charge in [-0.15, -0.1) is 0 Å². The van der Waals surface area contributed by atoms with Crippen molar-refractivity contribution in [1.29, 1.82) is 0 Å². The van der Waals surface area contributed by atoms with Gasteiger partial charge in [-0.05, 0) is 29.7 Å². The van der Waals surface area contributed by atoms with Crippen LogP contribution in [0.3, 0.4) is 0 Å². The van der Waals surface area contributed by atoms with Crippen LogP contribution in [0.1, 0.15) is 23.5 Å². The normalized spacial score (nSPS) is 29.8. The smallest absolute Gasteiger partial charge is 0.229 e. The molecule has 3 aliphatic heterocycles. The first-order valence-electron chi connectivity index (χ1n) is 10.1. The van der Waals surface area contributed by atoms with Crippen LogP contribution in [0.4, 0.5) is 0 Å². The van der Waals surface area contributed by atoms with Crippen LogP contribution < -0.4 is 9.47 Å². The Morgan fingerprint density at radius 3 is 2.52 bits per heavy atom. The van der Waals surface area contributed by atoms with Gasteiger partial charge in [0.1, 0.15) is 17.1 Å². The third kappa shape index (κ3) is 2.92. The fraction of sp³-hybridized carbons (Fsp3) is 0.375. The molecule has 150 valence electrons. The average molecular weight is 391 g/mol. The minimum atomic E-state index is -0.490. The van der Waals surface area contributed by atoms with E-state index >= 15 is 0 Å². The highest BCUT2D eigenvalue weighted by Crippen LogP contribution is 2.56. The number of benzene rings is 2. The van der Waals surface area contributed by atoms with Crippen molar-refractivity contribution in [3.05, 3.63) is 71.8 Å². The third-order valence-corrected chi connectivity index (χ3v) is 6.49. The minimum Gasteiger partial charge on any atom is -0.497 e. The second-order valence-electron chi connectivity index (χ2n) is 8.04. The van der Waals surface area contributed by atoms with E-state index < -0.39 is 5.60 Å². The minimum absolute atomic E-state index is 0.0462. The van der Waals surface area contributed by atoms with Gasteiger partial charge in [-0.3, -0.25) is 4.79 Å². The molecule has 5 nitrogen and oxygen atoms in total. The number of nitrogens with zero attached hydrogens (tertiary/aromatic N) is 1. The SMILES string of the molecule is COc1cc(OC)cc([C@@H]2[C@H]3C(=O)N(Cc4ccccc4)CC[C@]34C=C[C@H]2O4)c1. The number of hydrogen-bond donors (Lipinski definition) is 0. The zero-order valence-corrected chi connectivity index (χ0v) is 16.7. The number of carbonyl (C=O) groups is 1. The molecule has 5 heteroatoms. The van der Waals surface area contributed by atoms with Crippen molar-refractivity contribution in [1.82, 2.24) is 4.90 Å². The number of likely N-dealkylation sites (tertiary alicyclic amines) is 1. The molecule has 5 rings (SSSR count). The number of ether oxygens (including phenoxy) is 3. The molecule has 0 radical (unpaired) electrons. The van der Waals surface area contributed by atoms with Gasteiger partial charge in [0, 0.05) is 25.1 Å². The summed E-state index contributed by atoms with van der Waals surface area (Å²) in [5.41, 5.74) is 1.68. The van der Waals surface area contributed by atoms with Crippen LogP contribution in [0.15, 0.2) is 60.7 Å². The van der Waals surface area contributed by atoms with Gasteiger partial charge in [0.25, 0.3) is 0 Å². The predicted molar refractivity (Wildman–Crippen MR) is 109 cm³/mol. The summed E-state index contributed by atoms with van der Waals surface area (Å²) in [7, 11) is 3.29. The van der Waals surface area contributed by atoms with Gasteiger partial charge in [-0.1, -0.05) is 42.5 Å². The molecule has 0 saturated carbocycles. The Hall–Kier alpha value is -2.79. The molecular weight excluding hydrogens is 366 g/mol. The molecule has 29 heavy (non-hydrogen) atoms. The van der Waals surface area contributed by atoms with E-state index in [1.54, 1.807) is 14.2 Å². The maximum absolute atomic E-state index is 13.6. The average Bonchev–Trinajstić information content (AvgIpc) is 3.33. The maximum Gasteiger partial charge on any atom is 0.229 e. The van der Waals surface area contributed by atoms with E-state index in [-0.39, 0.29) is 23.8 Å². The monoisotopic (exact) mass is 391 g/mol. The molecule has 1 spiro atoms. The summed E-state index contributed by atoms with van der Waals surface area (Å²) < 4.78 is 17.3. The number of hydrogen-bond acceptors (Lipinski definition) is 4. The fourth-order valence-corrected chi connectivity index (χ4v) is 5.10. The quantitative estimate of drug-likeness (QED) is 0.732. The Kier molecular flexibility index (Phi) is 4.36. The van der Waals surface area contributed by atoms with E-state index in [2.05, 4.69) is 24.3 Å². The van der Waals surface area contributed by atoms with Crippen molar-refractivity contribution >= 4 is 5.91 Å². The Labute approximate surface area is 170 Å². The lowest BCUT2D eigenvalue weighted by Crippen LogP contribution is -2.53. The third-order valence-electron chi connectivity index (χ3n) is 6.49. The number of methoxy groups -OCH3 is 2. The molecule has 4 atom stereocenters. The second kappa shape index (κ2) is 6.92. The lowest BCUT2D eigenvalue weighted by atomic mass is 9.69. The molecule has 0 aliphatic carbocycles. The van der Waals surface area contributed by atoms with E-state index in [4.69, 9.17) is 14.2 Å². The van der Waals surface area contributed by atoms with Crippen molar-refractivity contribution in [2.45, 2.75) is 30.6 Å². The van der Waals surface area contributed by atoms with Crippen LogP contribution in [0.2, 0.25) is 0 Å². The standard InChI is InChI=1S/C24H25NO4/c1-27-18-12-17(13-19(14-18)28-2)21-20-8-9-24(29-20)10-11-25(23(26)22(21)24)15-16-6-4-3-5-7-16/h3-9,12-14,20-22H,10-11,15H2,1-2H3/t20-,21+,22+,24-/m1/s1. The van der Waals surface area contributed by atoms with Crippen LogP contribution in [-0.4, -0.2) is 43.3 Å². The van der Waals surface area contributed by atoms with Crippen LogP contribution >= 0.6 is 0 Å². The molecule has 0 aromatic heterocycles. The van der Waals surface area contributed by atoms with E-state index in [0.717, 1.165) is 29.0 Å². The topological polar surface area (TPSA) is 48.0 Å². The van der Waals surface area contributed by atoms with Crippen molar-refractivity contribution < 1.29 is 19.0 Å². The van der Waals surface area contributed by atoms with Gasteiger partial charge in [0.15, 0.2) is 0 Å². The maximum atomic E-state index is 13.6. The van der Waals surface area contributed by atoms with Crippen molar-refractivity contribution in [3.63, 3.8) is 0 Å². The summed E-state index contributed by atoms with van der Waals surface area (Å²) in [5.74, 6) is 1.34. The molecule has 2 bridgehead atoms. The molecule has 3 aliphatic rings. The number of fused-ring (bicyclic) bond motifs is 1. The molecule has 3 heterocycles. The van der Waals surface area contributed by atoms with Crippen LogP contribution in [0.25, 0.3) is 0 Å². The Bertz CT molecular complexity index is 934. The summed E-state index contributed by atoms with van der Waals surface area (Å²) in [6, 6.07) is 16.0. The molecule has 0 N–H and O–H groups in total. The highest BCUT2D eigenvalue weighted by molar-refractivity contribution is 5.84. The predicted octanol–water partition coefficient (Wildman–Crippen LogP) is 3.54. The fourth-order valence-electron chi connectivity index (χ4n) is 5.10. The summed E-state index contributed by atoms with van der Waals surface area (Å²) in [4.78, 5) is 15.6. The largest absolute Gasteiger partial charge is 0.497 e. The molecule has 2 aromatic carbocycles. The van der Waals surface area contributed by atoms with Gasteiger partial charge in [-0.2, -0.15) is 0 Å². The van der Waals surface area contributed by atoms with E-state index in [1.165, 1.54) is 0 Å². The van der Waals surface area contributed by atoms with E-state index in [1.807, 2.05) is 41.3 Å². The first-order valence-corrected chi connectivity index (χ1v) is 10.1. The van der Waals surface area contributed by atoms with Gasteiger partial charge in [0.2, 0.25) is 5.91 Å². The van der Waals surface area contributed by atoms with Gasteiger partial charge >= 0.3 is 0 Å². The van der Waals surface area contributed by atoms with Crippen molar-refractivity contribution in [3.8, 4) is 11.5 Å². The highest BCUT2D eigenvalue weighted by atomic mass is 16.5. The highest BCUT2D eigenvalue weighted by Gasteiger charge is 2.62. The second-order valence-corrected chi connectivity index (χ2v) is 8.04. The summed E-state index contributed by atoms with van der Waals surface area (Å²) in [5, 5.41) is 0. The Balaban J connectivity index is 1.50. The van der Waals surface area contributed by atoms with Crippen LogP contribution in [-0.2, 0) is 16.1 Å². The summed E-state index contributed by atoms with van der Waals surface area (Å²) in [6.45, 7) is 1.34. The Morgan fingerprint density at radius 2 is 1.83 bits per heavy atom.